The fourth-order valence-corrected chi connectivity index (χ4v) is 12.2. The van der Waals surface area contributed by atoms with Crippen molar-refractivity contribution in [3.63, 3.8) is 0 Å². The van der Waals surface area contributed by atoms with Crippen molar-refractivity contribution in [1.82, 2.24) is 0 Å². The number of carbonyl (C=O) groups excluding carboxylic acids is 4. The first-order valence-electron chi connectivity index (χ1n) is 36.7. The second-order valence-corrected chi connectivity index (χ2v) is 30.4. The third-order valence-corrected chi connectivity index (χ3v) is 18.2. The molecule has 0 aliphatic rings. The van der Waals surface area contributed by atoms with E-state index in [2.05, 4.69) is 55.4 Å². The highest BCUT2D eigenvalue weighted by atomic mass is 31.2. The Kier molecular flexibility index (Phi) is 59.4. The zero-order valence-corrected chi connectivity index (χ0v) is 60.6. The number of unbranched alkanes of at least 4 members (excludes halogenated alkanes) is 34. The Morgan fingerprint density at radius 1 is 0.278 bits per heavy atom. The molecule has 17 nitrogen and oxygen atoms in total. The summed E-state index contributed by atoms with van der Waals surface area (Å²) >= 11 is 0. The van der Waals surface area contributed by atoms with Crippen molar-refractivity contribution in [3.05, 3.63) is 0 Å². The predicted octanol–water partition coefficient (Wildman–Crippen LogP) is 20.1. The highest BCUT2D eigenvalue weighted by molar-refractivity contribution is 7.47. The molecule has 0 spiro atoms. The molecule has 5 atom stereocenters. The number of carbonyl (C=O) groups is 4. The van der Waals surface area contributed by atoms with Gasteiger partial charge in [-0.2, -0.15) is 0 Å². The summed E-state index contributed by atoms with van der Waals surface area (Å²) in [6, 6.07) is 0. The first-order valence-corrected chi connectivity index (χ1v) is 39.7. The minimum absolute atomic E-state index is 0.104. The van der Waals surface area contributed by atoms with Crippen molar-refractivity contribution in [2.24, 2.45) is 23.7 Å². The topological polar surface area (TPSA) is 237 Å². The second kappa shape index (κ2) is 60.7. The second-order valence-electron chi connectivity index (χ2n) is 27.5. The van der Waals surface area contributed by atoms with E-state index in [9.17, 15) is 43.2 Å². The highest BCUT2D eigenvalue weighted by Crippen LogP contribution is 2.45. The molecule has 0 heterocycles. The molecule has 534 valence electrons. The van der Waals surface area contributed by atoms with Crippen molar-refractivity contribution in [1.29, 1.82) is 0 Å². The summed E-state index contributed by atoms with van der Waals surface area (Å²) in [4.78, 5) is 72.6. The normalized spacial score (nSPS) is 14.3. The summed E-state index contributed by atoms with van der Waals surface area (Å²) in [7, 11) is -9.90. The molecular formula is C71H138O17P2. The van der Waals surface area contributed by atoms with Crippen LogP contribution in [-0.2, 0) is 65.4 Å². The molecular weight excluding hydrogens is 1190 g/mol. The van der Waals surface area contributed by atoms with Crippen LogP contribution in [0.5, 0.6) is 0 Å². The summed E-state index contributed by atoms with van der Waals surface area (Å²) < 4.78 is 68.3. The van der Waals surface area contributed by atoms with E-state index in [4.69, 9.17) is 37.0 Å². The number of hydrogen-bond acceptors (Lipinski definition) is 15. The van der Waals surface area contributed by atoms with Gasteiger partial charge in [0.15, 0.2) is 12.2 Å². The van der Waals surface area contributed by atoms with E-state index >= 15 is 0 Å². The van der Waals surface area contributed by atoms with E-state index in [1.54, 1.807) is 0 Å². The van der Waals surface area contributed by atoms with E-state index in [-0.39, 0.29) is 25.7 Å². The van der Waals surface area contributed by atoms with Crippen LogP contribution in [0.1, 0.15) is 351 Å². The average molecular weight is 1330 g/mol. The molecule has 0 aliphatic heterocycles. The van der Waals surface area contributed by atoms with Gasteiger partial charge < -0.3 is 33.8 Å². The number of hydrogen-bond donors (Lipinski definition) is 3. The smallest absolute Gasteiger partial charge is 0.462 e. The van der Waals surface area contributed by atoms with Crippen molar-refractivity contribution in [3.8, 4) is 0 Å². The predicted molar refractivity (Wildman–Crippen MR) is 363 cm³/mol. The molecule has 0 saturated heterocycles. The van der Waals surface area contributed by atoms with Crippen LogP contribution in [0.25, 0.3) is 0 Å². The fourth-order valence-electron chi connectivity index (χ4n) is 10.7. The van der Waals surface area contributed by atoms with Crippen LogP contribution < -0.4 is 0 Å². The van der Waals surface area contributed by atoms with E-state index in [1.807, 2.05) is 0 Å². The lowest BCUT2D eigenvalue weighted by molar-refractivity contribution is -0.161. The molecule has 2 unspecified atom stereocenters. The van der Waals surface area contributed by atoms with Crippen LogP contribution in [-0.4, -0.2) is 96.7 Å². The molecule has 0 aromatic heterocycles. The van der Waals surface area contributed by atoms with E-state index in [0.717, 1.165) is 114 Å². The molecule has 0 aromatic carbocycles. The molecule has 19 heteroatoms. The first kappa shape index (κ1) is 88.1. The SMILES string of the molecule is CC(C)CCCCCCCCCCCCCC(=O)OC[C@H](COP(=O)(O)OC[C@@H](O)COP(=O)(O)OC[C@@H](COC(=O)CCCCCCCCC(C)C)OC(=O)CCCCCCCCCCCCC(C)C)OC(=O)CCCCCCCCCCCCCC(C)C. The van der Waals surface area contributed by atoms with Gasteiger partial charge in [-0.25, -0.2) is 9.13 Å². The Morgan fingerprint density at radius 3 is 0.689 bits per heavy atom. The summed E-state index contributed by atoms with van der Waals surface area (Å²) in [5.41, 5.74) is 0. The number of phosphoric ester groups is 2. The van der Waals surface area contributed by atoms with Crippen molar-refractivity contribution >= 4 is 39.5 Å². The third-order valence-electron chi connectivity index (χ3n) is 16.3. The molecule has 3 N–H and O–H groups in total. The minimum Gasteiger partial charge on any atom is -0.462 e. The first-order chi connectivity index (χ1) is 43.1. The molecule has 0 bridgehead atoms. The fraction of sp³-hybridized carbons (Fsp3) is 0.944. The monoisotopic (exact) mass is 1320 g/mol. The molecule has 0 amide bonds. The third kappa shape index (κ3) is 64.8. The van der Waals surface area contributed by atoms with Gasteiger partial charge in [0.25, 0.3) is 0 Å². The number of rotatable bonds is 68. The molecule has 90 heavy (non-hydrogen) atoms. The Hall–Kier alpha value is -1.94. The molecule has 0 aromatic rings. The Labute approximate surface area is 549 Å². The highest BCUT2D eigenvalue weighted by Gasteiger charge is 2.30. The van der Waals surface area contributed by atoms with Crippen LogP contribution in [0.4, 0.5) is 0 Å². The van der Waals surface area contributed by atoms with Crippen LogP contribution in [0.3, 0.4) is 0 Å². The van der Waals surface area contributed by atoms with Gasteiger partial charge >= 0.3 is 39.5 Å². The average Bonchev–Trinajstić information content (AvgIpc) is 3.32. The van der Waals surface area contributed by atoms with E-state index in [0.29, 0.717) is 31.6 Å². The van der Waals surface area contributed by atoms with Gasteiger partial charge in [0, 0.05) is 25.7 Å². The van der Waals surface area contributed by atoms with Gasteiger partial charge in [-0.05, 0) is 49.4 Å². The minimum atomic E-state index is -4.95. The largest absolute Gasteiger partial charge is 0.472 e. The van der Waals surface area contributed by atoms with Crippen LogP contribution in [0.2, 0.25) is 0 Å². The summed E-state index contributed by atoms with van der Waals surface area (Å²) in [5, 5.41) is 10.6. The molecule has 0 rings (SSSR count). The Morgan fingerprint density at radius 2 is 0.467 bits per heavy atom. The number of aliphatic hydroxyl groups excluding tert-OH is 1. The molecule has 0 fully saturated rings. The summed E-state index contributed by atoms with van der Waals surface area (Å²) in [5.74, 6) is 0.839. The molecule has 0 aliphatic carbocycles. The quantitative estimate of drug-likeness (QED) is 0.0222. The standard InChI is InChI=1S/C71H138O17P2/c1-61(2)47-39-31-23-17-11-9-13-20-26-35-43-51-68(73)81-57-66(87-70(75)53-45-37-27-21-14-10-12-18-24-32-40-48-62(3)4)59-85-89(77,78)83-55-65(72)56-84-90(79,80)86-60-67(58-82-69(74)52-44-36-30-29-34-42-50-64(7)8)88-71(76)54-46-38-28-22-16-15-19-25-33-41-49-63(5)6/h61-67,72H,9-60H2,1-8H3,(H,77,78)(H,79,80)/t65-,66-,67-/m1/s1. The number of esters is 4. The van der Waals surface area contributed by atoms with Crippen molar-refractivity contribution in [2.75, 3.05) is 39.6 Å². The number of aliphatic hydroxyl groups is 1. The molecule has 0 saturated carbocycles. The van der Waals surface area contributed by atoms with Crippen LogP contribution >= 0.6 is 15.6 Å². The summed E-state index contributed by atoms with van der Waals surface area (Å²) in [6.07, 6.45) is 43.1. The maximum atomic E-state index is 13.0. The van der Waals surface area contributed by atoms with Gasteiger partial charge in [-0.15, -0.1) is 0 Å². The lowest BCUT2D eigenvalue weighted by Crippen LogP contribution is -2.30. The number of ether oxygens (including phenoxy) is 4. The van der Waals surface area contributed by atoms with Gasteiger partial charge in [-0.1, -0.05) is 299 Å². The number of phosphoric acid groups is 2. The lowest BCUT2D eigenvalue weighted by atomic mass is 10.0. The zero-order chi connectivity index (χ0) is 66.8. The van der Waals surface area contributed by atoms with Gasteiger partial charge in [-0.3, -0.25) is 37.3 Å². The lowest BCUT2D eigenvalue weighted by Gasteiger charge is -2.21. The zero-order valence-electron chi connectivity index (χ0n) is 58.8. The van der Waals surface area contributed by atoms with Gasteiger partial charge in [0.05, 0.1) is 26.4 Å². The Balaban J connectivity index is 5.25. The summed E-state index contributed by atoms with van der Waals surface area (Å²) in [6.45, 7) is 14.1. The van der Waals surface area contributed by atoms with E-state index < -0.39 is 97.5 Å². The Bertz CT molecular complexity index is 1780. The van der Waals surface area contributed by atoms with E-state index in [1.165, 1.54) is 148 Å². The van der Waals surface area contributed by atoms with Gasteiger partial charge in [0.1, 0.15) is 19.3 Å². The maximum Gasteiger partial charge on any atom is 0.472 e. The molecule has 0 radical (unpaired) electrons. The maximum absolute atomic E-state index is 13.0. The van der Waals surface area contributed by atoms with Crippen LogP contribution in [0.15, 0.2) is 0 Å². The van der Waals surface area contributed by atoms with Crippen molar-refractivity contribution < 1.29 is 80.2 Å². The van der Waals surface area contributed by atoms with Crippen molar-refractivity contribution in [2.45, 2.75) is 369 Å². The van der Waals surface area contributed by atoms with Crippen LogP contribution in [0, 0.1) is 23.7 Å². The van der Waals surface area contributed by atoms with Gasteiger partial charge in [0.2, 0.25) is 0 Å².